The second kappa shape index (κ2) is 2.69. The van der Waals surface area contributed by atoms with Crippen molar-refractivity contribution in [1.82, 2.24) is 9.78 Å². The Hall–Kier alpha value is -1.39. The molecule has 0 aliphatic heterocycles. The third-order valence-electron chi connectivity index (χ3n) is 1.44. The molecule has 0 fully saturated rings. The lowest BCUT2D eigenvalue weighted by molar-refractivity contribution is -0.385. The Morgan fingerprint density at radius 3 is 2.73 bits per heavy atom. The Morgan fingerprint density at radius 2 is 2.45 bits per heavy atom. The molecule has 11 heavy (non-hydrogen) atoms. The van der Waals surface area contributed by atoms with Gasteiger partial charge in [-0.1, -0.05) is 0 Å². The van der Waals surface area contributed by atoms with Gasteiger partial charge in [0.15, 0.2) is 0 Å². The monoisotopic (exact) mass is 155 g/mol. The number of rotatable bonds is 2. The van der Waals surface area contributed by atoms with Crippen molar-refractivity contribution in [3.05, 3.63) is 22.0 Å². The predicted octanol–water partition coefficient (Wildman–Crippen LogP) is 1.12. The third kappa shape index (κ3) is 1.36. The molecule has 0 atom stereocenters. The number of hydrogen-bond donors (Lipinski definition) is 0. The van der Waals surface area contributed by atoms with Crippen LogP contribution in [0.4, 0.5) is 5.69 Å². The van der Waals surface area contributed by atoms with Crippen LogP contribution in [-0.4, -0.2) is 14.7 Å². The molecule has 0 saturated carbocycles. The highest BCUT2D eigenvalue weighted by Gasteiger charge is 2.13. The topological polar surface area (TPSA) is 61.0 Å². The van der Waals surface area contributed by atoms with Crippen LogP contribution in [-0.2, 0) is 6.54 Å². The minimum absolute atomic E-state index is 0.0897. The highest BCUT2D eigenvalue weighted by Crippen LogP contribution is 2.14. The number of aromatic nitrogens is 2. The standard InChI is InChI=1S/C6H9N3O2/c1-3-8-4-6(9(10)11)5(2)7-8/h4H,3H2,1-2H3. The van der Waals surface area contributed by atoms with Gasteiger partial charge < -0.3 is 0 Å². The molecule has 1 aromatic heterocycles. The zero-order valence-corrected chi connectivity index (χ0v) is 6.44. The van der Waals surface area contributed by atoms with E-state index in [1.807, 2.05) is 6.92 Å². The minimum atomic E-state index is -0.422. The Kier molecular flexibility index (Phi) is 1.89. The second-order valence-corrected chi connectivity index (χ2v) is 2.21. The lowest BCUT2D eigenvalue weighted by Gasteiger charge is -1.87. The highest BCUT2D eigenvalue weighted by atomic mass is 16.6. The van der Waals surface area contributed by atoms with E-state index in [9.17, 15) is 10.1 Å². The molecule has 0 aliphatic carbocycles. The van der Waals surface area contributed by atoms with E-state index < -0.39 is 4.92 Å². The van der Waals surface area contributed by atoms with Gasteiger partial charge in [0.25, 0.3) is 0 Å². The van der Waals surface area contributed by atoms with Crippen LogP contribution in [0, 0.1) is 17.0 Å². The van der Waals surface area contributed by atoms with Crippen molar-refractivity contribution in [3.8, 4) is 0 Å². The maximum atomic E-state index is 10.3. The molecule has 0 aliphatic rings. The summed E-state index contributed by atoms with van der Waals surface area (Å²) in [7, 11) is 0. The minimum Gasteiger partial charge on any atom is -0.266 e. The van der Waals surface area contributed by atoms with Crippen LogP contribution >= 0.6 is 0 Å². The van der Waals surface area contributed by atoms with Crippen LogP contribution in [0.5, 0.6) is 0 Å². The van der Waals surface area contributed by atoms with Crippen LogP contribution in [0.3, 0.4) is 0 Å². The van der Waals surface area contributed by atoms with Crippen molar-refractivity contribution in [2.24, 2.45) is 0 Å². The van der Waals surface area contributed by atoms with Crippen LogP contribution in [0.15, 0.2) is 6.20 Å². The molecule has 5 nitrogen and oxygen atoms in total. The van der Waals surface area contributed by atoms with Crippen LogP contribution in [0.1, 0.15) is 12.6 Å². The van der Waals surface area contributed by atoms with Crippen molar-refractivity contribution in [1.29, 1.82) is 0 Å². The summed E-state index contributed by atoms with van der Waals surface area (Å²) in [5.74, 6) is 0. The molecule has 0 radical (unpaired) electrons. The largest absolute Gasteiger partial charge is 0.309 e. The first kappa shape index (κ1) is 7.71. The fourth-order valence-corrected chi connectivity index (χ4v) is 0.849. The SMILES string of the molecule is CCn1cc([N+](=O)[O-])c(C)n1. The highest BCUT2D eigenvalue weighted by molar-refractivity contribution is 5.30. The van der Waals surface area contributed by atoms with E-state index in [0.29, 0.717) is 12.2 Å². The summed E-state index contributed by atoms with van der Waals surface area (Å²) in [6.07, 6.45) is 1.44. The molecule has 0 aromatic carbocycles. The quantitative estimate of drug-likeness (QED) is 0.475. The zero-order chi connectivity index (χ0) is 8.43. The Morgan fingerprint density at radius 1 is 1.82 bits per heavy atom. The van der Waals surface area contributed by atoms with Gasteiger partial charge in [-0.25, -0.2) is 0 Å². The Labute approximate surface area is 63.8 Å². The van der Waals surface area contributed by atoms with Crippen molar-refractivity contribution in [2.75, 3.05) is 0 Å². The number of aryl methyl sites for hydroxylation is 2. The van der Waals surface area contributed by atoms with E-state index >= 15 is 0 Å². The summed E-state index contributed by atoms with van der Waals surface area (Å²) >= 11 is 0. The third-order valence-corrected chi connectivity index (χ3v) is 1.44. The van der Waals surface area contributed by atoms with E-state index in [-0.39, 0.29) is 5.69 Å². The van der Waals surface area contributed by atoms with Crippen LogP contribution < -0.4 is 0 Å². The van der Waals surface area contributed by atoms with Gasteiger partial charge in [0, 0.05) is 6.54 Å². The van der Waals surface area contributed by atoms with Gasteiger partial charge in [0.2, 0.25) is 0 Å². The van der Waals surface area contributed by atoms with Gasteiger partial charge in [0.1, 0.15) is 11.9 Å². The lowest BCUT2D eigenvalue weighted by Crippen LogP contribution is -1.93. The Bertz CT molecular complexity index is 279. The average molecular weight is 155 g/mol. The van der Waals surface area contributed by atoms with Gasteiger partial charge in [-0.15, -0.1) is 0 Å². The van der Waals surface area contributed by atoms with Crippen molar-refractivity contribution in [3.63, 3.8) is 0 Å². The first-order valence-electron chi connectivity index (χ1n) is 3.33. The number of nitro groups is 1. The summed E-state index contributed by atoms with van der Waals surface area (Å²) < 4.78 is 1.55. The lowest BCUT2D eigenvalue weighted by atomic mass is 10.4. The predicted molar refractivity (Wildman–Crippen MR) is 39.3 cm³/mol. The molecule has 0 unspecified atom stereocenters. The molecule has 5 heteroatoms. The van der Waals surface area contributed by atoms with E-state index in [4.69, 9.17) is 0 Å². The first-order valence-corrected chi connectivity index (χ1v) is 3.33. The van der Waals surface area contributed by atoms with Gasteiger partial charge in [-0.3, -0.25) is 14.8 Å². The van der Waals surface area contributed by atoms with Crippen molar-refractivity contribution >= 4 is 5.69 Å². The molecular formula is C6H9N3O2. The molecule has 60 valence electrons. The smallest absolute Gasteiger partial charge is 0.266 e. The molecule has 0 N–H and O–H groups in total. The van der Waals surface area contributed by atoms with Crippen molar-refractivity contribution in [2.45, 2.75) is 20.4 Å². The summed E-state index contributed by atoms with van der Waals surface area (Å²) in [6.45, 7) is 4.18. The van der Waals surface area contributed by atoms with Gasteiger partial charge in [0.05, 0.1) is 4.92 Å². The van der Waals surface area contributed by atoms with Gasteiger partial charge in [-0.2, -0.15) is 5.10 Å². The van der Waals surface area contributed by atoms with E-state index in [1.165, 1.54) is 6.20 Å². The zero-order valence-electron chi connectivity index (χ0n) is 6.44. The fourth-order valence-electron chi connectivity index (χ4n) is 0.849. The second-order valence-electron chi connectivity index (χ2n) is 2.21. The van der Waals surface area contributed by atoms with Gasteiger partial charge >= 0.3 is 5.69 Å². The van der Waals surface area contributed by atoms with Crippen LogP contribution in [0.25, 0.3) is 0 Å². The summed E-state index contributed by atoms with van der Waals surface area (Å²) in [6, 6.07) is 0. The summed E-state index contributed by atoms with van der Waals surface area (Å²) in [4.78, 5) is 9.88. The molecule has 1 heterocycles. The summed E-state index contributed by atoms with van der Waals surface area (Å²) in [5, 5.41) is 14.2. The number of nitrogens with zero attached hydrogens (tertiary/aromatic N) is 3. The summed E-state index contributed by atoms with van der Waals surface area (Å²) in [5.41, 5.74) is 0.559. The van der Waals surface area contributed by atoms with E-state index in [1.54, 1.807) is 11.6 Å². The van der Waals surface area contributed by atoms with Crippen LogP contribution in [0.2, 0.25) is 0 Å². The van der Waals surface area contributed by atoms with E-state index in [2.05, 4.69) is 5.10 Å². The van der Waals surface area contributed by atoms with E-state index in [0.717, 1.165) is 0 Å². The van der Waals surface area contributed by atoms with Gasteiger partial charge in [-0.05, 0) is 13.8 Å². The molecule has 0 amide bonds. The molecular weight excluding hydrogens is 146 g/mol. The molecule has 0 bridgehead atoms. The molecule has 0 spiro atoms. The molecule has 1 rings (SSSR count). The normalized spacial score (nSPS) is 10.0. The molecule has 0 saturated heterocycles. The van der Waals surface area contributed by atoms with Crippen molar-refractivity contribution < 1.29 is 4.92 Å². The Balaban J connectivity index is 3.07. The number of hydrogen-bond acceptors (Lipinski definition) is 3. The maximum absolute atomic E-state index is 10.3. The first-order chi connectivity index (χ1) is 5.15. The average Bonchev–Trinajstić information content (AvgIpc) is 2.30. The fraction of sp³-hybridized carbons (Fsp3) is 0.500. The maximum Gasteiger partial charge on any atom is 0.309 e. The molecule has 1 aromatic rings.